The number of halogens is 3. The summed E-state index contributed by atoms with van der Waals surface area (Å²) in [5, 5.41) is 11.1. The van der Waals surface area contributed by atoms with Gasteiger partial charge in [0, 0.05) is 18.1 Å². The fraction of sp³-hybridized carbons (Fsp3) is 0.389. The zero-order valence-corrected chi connectivity index (χ0v) is 15.3. The first-order valence-corrected chi connectivity index (χ1v) is 9.98. The Morgan fingerprint density at radius 1 is 1.38 bits per heavy atom. The Labute approximate surface area is 157 Å². The molecule has 8 heteroatoms. The number of thiophene rings is 1. The maximum Gasteiger partial charge on any atom is 0.417 e. The number of carbonyl (C=O) groups is 1. The second-order valence-corrected chi connectivity index (χ2v) is 8.00. The molecular formula is C18H15F3N2OS2. The lowest BCUT2D eigenvalue weighted by Gasteiger charge is -2.20. The van der Waals surface area contributed by atoms with E-state index in [9.17, 15) is 23.2 Å². The fourth-order valence-corrected chi connectivity index (χ4v) is 4.78. The molecule has 0 N–H and O–H groups in total. The summed E-state index contributed by atoms with van der Waals surface area (Å²) in [4.78, 5) is 16.9. The summed E-state index contributed by atoms with van der Waals surface area (Å²) in [6.07, 6.45) is -1.57. The molecule has 1 atom stereocenters. The maximum absolute atomic E-state index is 13.5. The van der Waals surface area contributed by atoms with Crippen LogP contribution in [0.4, 0.5) is 13.2 Å². The van der Waals surface area contributed by atoms with Crippen molar-refractivity contribution in [1.29, 1.82) is 5.26 Å². The number of hydrogen-bond donors (Lipinski definition) is 0. The van der Waals surface area contributed by atoms with Gasteiger partial charge in [-0.1, -0.05) is 12.5 Å². The van der Waals surface area contributed by atoms with Gasteiger partial charge >= 0.3 is 6.18 Å². The molecule has 0 amide bonds. The number of hydrogen-bond acceptors (Lipinski definition) is 5. The second kappa shape index (κ2) is 7.80. The van der Waals surface area contributed by atoms with Gasteiger partial charge in [-0.2, -0.15) is 18.4 Å². The number of pyridine rings is 1. The number of ketones is 1. The minimum absolute atomic E-state index is 0.0455. The zero-order chi connectivity index (χ0) is 18.7. The van der Waals surface area contributed by atoms with Crippen molar-refractivity contribution in [3.05, 3.63) is 34.7 Å². The first kappa shape index (κ1) is 18.9. The second-order valence-electron chi connectivity index (χ2n) is 6.04. The van der Waals surface area contributed by atoms with Gasteiger partial charge in [0.25, 0.3) is 0 Å². The molecule has 1 aliphatic rings. The van der Waals surface area contributed by atoms with Gasteiger partial charge < -0.3 is 0 Å². The normalized spacial score (nSPS) is 17.9. The summed E-state index contributed by atoms with van der Waals surface area (Å²) in [5.74, 6) is 0.320. The van der Waals surface area contributed by atoms with Crippen LogP contribution in [0.15, 0.2) is 28.6 Å². The minimum atomic E-state index is -4.64. The Kier molecular flexibility index (Phi) is 5.68. The van der Waals surface area contributed by atoms with Crippen LogP contribution >= 0.6 is 23.1 Å². The van der Waals surface area contributed by atoms with Crippen LogP contribution in [0.3, 0.4) is 0 Å². The Bertz CT molecular complexity index is 841. The van der Waals surface area contributed by atoms with E-state index in [1.165, 1.54) is 11.3 Å². The molecule has 0 radical (unpaired) electrons. The van der Waals surface area contributed by atoms with Crippen LogP contribution in [0.2, 0.25) is 0 Å². The largest absolute Gasteiger partial charge is 0.417 e. The first-order chi connectivity index (χ1) is 12.4. The molecule has 0 saturated heterocycles. The van der Waals surface area contributed by atoms with Gasteiger partial charge in [-0.3, -0.25) is 4.79 Å². The van der Waals surface area contributed by atoms with E-state index >= 15 is 0 Å². The number of nitrogens with zero attached hydrogens (tertiary/aromatic N) is 2. The number of thioether (sulfide) groups is 1. The third-order valence-corrected chi connectivity index (χ3v) is 6.31. The van der Waals surface area contributed by atoms with Crippen LogP contribution in [0.1, 0.15) is 36.8 Å². The SMILES string of the molecule is N#Cc1c(C(F)(F)F)cc(-c2cccs2)nc1SC[C@@H]1CCCCC1=O. The lowest BCUT2D eigenvalue weighted by atomic mass is 9.89. The van der Waals surface area contributed by atoms with E-state index in [0.29, 0.717) is 17.1 Å². The van der Waals surface area contributed by atoms with Gasteiger partial charge in [-0.25, -0.2) is 4.98 Å². The van der Waals surface area contributed by atoms with Crippen LogP contribution in [0.5, 0.6) is 0 Å². The molecule has 0 bridgehead atoms. The van der Waals surface area contributed by atoms with Crippen molar-refractivity contribution in [2.24, 2.45) is 5.92 Å². The Hall–Kier alpha value is -1.85. The summed E-state index contributed by atoms with van der Waals surface area (Å²) >= 11 is 2.36. The highest BCUT2D eigenvalue weighted by atomic mass is 32.2. The molecule has 3 rings (SSSR count). The van der Waals surface area contributed by atoms with E-state index < -0.39 is 17.3 Å². The van der Waals surface area contributed by atoms with E-state index in [1.807, 2.05) is 0 Å². The van der Waals surface area contributed by atoms with E-state index in [-0.39, 0.29) is 22.4 Å². The highest BCUT2D eigenvalue weighted by Crippen LogP contribution is 2.39. The average Bonchev–Trinajstić information content (AvgIpc) is 3.14. The van der Waals surface area contributed by atoms with Crippen molar-refractivity contribution in [2.45, 2.75) is 36.9 Å². The van der Waals surface area contributed by atoms with Crippen molar-refractivity contribution in [2.75, 3.05) is 5.75 Å². The molecule has 0 unspecified atom stereocenters. The number of aromatic nitrogens is 1. The summed E-state index contributed by atoms with van der Waals surface area (Å²) in [6.45, 7) is 0. The molecule has 2 aromatic heterocycles. The highest BCUT2D eigenvalue weighted by Gasteiger charge is 2.36. The van der Waals surface area contributed by atoms with Crippen molar-refractivity contribution < 1.29 is 18.0 Å². The number of rotatable bonds is 4. The van der Waals surface area contributed by atoms with Gasteiger partial charge in [0.15, 0.2) is 0 Å². The summed E-state index contributed by atoms with van der Waals surface area (Å²) in [7, 11) is 0. The van der Waals surface area contributed by atoms with Gasteiger partial charge in [-0.05, 0) is 30.4 Å². The molecule has 0 aliphatic heterocycles. The van der Waals surface area contributed by atoms with Crippen LogP contribution in [0, 0.1) is 17.2 Å². The summed E-state index contributed by atoms with van der Waals surface area (Å²) in [5.41, 5.74) is -1.24. The monoisotopic (exact) mass is 396 g/mol. The molecular weight excluding hydrogens is 381 g/mol. The number of nitriles is 1. The molecule has 1 fully saturated rings. The van der Waals surface area contributed by atoms with Crippen molar-refractivity contribution in [1.82, 2.24) is 4.98 Å². The predicted octanol–water partition coefficient (Wildman–Crippen LogP) is 5.55. The lowest BCUT2D eigenvalue weighted by molar-refractivity contribution is -0.138. The van der Waals surface area contributed by atoms with Gasteiger partial charge in [0.2, 0.25) is 0 Å². The predicted molar refractivity (Wildman–Crippen MR) is 95.0 cm³/mol. The van der Waals surface area contributed by atoms with Crippen LogP contribution in [0.25, 0.3) is 10.6 Å². The third kappa shape index (κ3) is 4.10. The Morgan fingerprint density at radius 3 is 2.81 bits per heavy atom. The number of carbonyl (C=O) groups excluding carboxylic acids is 1. The van der Waals surface area contributed by atoms with Crippen molar-refractivity contribution in [3.63, 3.8) is 0 Å². The number of alkyl halides is 3. The minimum Gasteiger partial charge on any atom is -0.299 e. The molecule has 26 heavy (non-hydrogen) atoms. The highest BCUT2D eigenvalue weighted by molar-refractivity contribution is 7.99. The molecule has 3 nitrogen and oxygen atoms in total. The van der Waals surface area contributed by atoms with Gasteiger partial charge in [0.1, 0.15) is 16.9 Å². The summed E-state index contributed by atoms with van der Waals surface area (Å²) < 4.78 is 40.4. The van der Waals surface area contributed by atoms with E-state index in [4.69, 9.17) is 0 Å². The van der Waals surface area contributed by atoms with Crippen molar-refractivity contribution >= 4 is 28.9 Å². The first-order valence-electron chi connectivity index (χ1n) is 8.12. The van der Waals surface area contributed by atoms with E-state index in [0.717, 1.165) is 37.1 Å². The zero-order valence-electron chi connectivity index (χ0n) is 13.7. The Balaban J connectivity index is 1.98. The lowest BCUT2D eigenvalue weighted by Crippen LogP contribution is -2.21. The van der Waals surface area contributed by atoms with Crippen LogP contribution < -0.4 is 0 Å². The van der Waals surface area contributed by atoms with E-state index in [1.54, 1.807) is 23.6 Å². The quantitative estimate of drug-likeness (QED) is 0.636. The molecule has 2 heterocycles. The smallest absolute Gasteiger partial charge is 0.299 e. The topological polar surface area (TPSA) is 53.8 Å². The molecule has 136 valence electrons. The standard InChI is InChI=1S/C18H15F3N2OS2/c19-18(20,21)13-8-14(16-6-3-7-25-16)23-17(12(13)9-22)26-10-11-4-1-2-5-15(11)24/h3,6-8,11H,1-2,4-5,10H2/t11-/m0/s1. The van der Waals surface area contributed by atoms with Crippen molar-refractivity contribution in [3.8, 4) is 16.6 Å². The molecule has 2 aromatic rings. The van der Waals surface area contributed by atoms with Gasteiger partial charge in [-0.15, -0.1) is 23.1 Å². The van der Waals surface area contributed by atoms with Gasteiger partial charge in [0.05, 0.1) is 21.7 Å². The maximum atomic E-state index is 13.5. The molecule has 0 spiro atoms. The third-order valence-electron chi connectivity index (χ3n) is 4.28. The Morgan fingerprint density at radius 2 is 2.19 bits per heavy atom. The average molecular weight is 396 g/mol. The molecule has 0 aromatic carbocycles. The van der Waals surface area contributed by atoms with Crippen LogP contribution in [-0.4, -0.2) is 16.5 Å². The summed E-state index contributed by atoms with van der Waals surface area (Å²) in [6, 6.07) is 6.02. The van der Waals surface area contributed by atoms with Crippen LogP contribution in [-0.2, 0) is 11.0 Å². The fourth-order valence-electron chi connectivity index (χ4n) is 2.92. The molecule has 1 aliphatic carbocycles. The number of Topliss-reactive ketones (excluding diaryl/α,β-unsaturated/α-hetero) is 1. The van der Waals surface area contributed by atoms with E-state index in [2.05, 4.69) is 4.98 Å². The molecule has 1 saturated carbocycles.